The smallest absolute Gasteiger partial charge is 0.185 e. The third kappa shape index (κ3) is 2.83. The van der Waals surface area contributed by atoms with Gasteiger partial charge >= 0.3 is 0 Å². The zero-order valence-corrected chi connectivity index (χ0v) is 11.0. The number of pyridine rings is 1. The van der Waals surface area contributed by atoms with Crippen molar-refractivity contribution in [2.45, 2.75) is 27.2 Å². The molecule has 0 atom stereocenters. The van der Waals surface area contributed by atoms with E-state index in [-0.39, 0.29) is 5.78 Å². The molecule has 1 aromatic heterocycles. The summed E-state index contributed by atoms with van der Waals surface area (Å²) in [7, 11) is 0. The summed E-state index contributed by atoms with van der Waals surface area (Å²) in [6.45, 7) is 5.95. The van der Waals surface area contributed by atoms with Crippen molar-refractivity contribution < 1.29 is 4.79 Å². The molecule has 1 heterocycles. The molecule has 0 saturated heterocycles. The molecule has 0 bridgehead atoms. The highest BCUT2D eigenvalue weighted by atomic mass is 16.1. The second-order valence-corrected chi connectivity index (χ2v) is 4.76. The number of aromatic nitrogens is 1. The number of hydrogen-bond acceptors (Lipinski definition) is 2. The van der Waals surface area contributed by atoms with Crippen molar-refractivity contribution in [3.8, 4) is 0 Å². The SMILES string of the molecule is Cc1ccc(CC(=O)c2ncc(C)cc2C)cc1. The Labute approximate surface area is 108 Å². The van der Waals surface area contributed by atoms with Crippen molar-refractivity contribution in [2.75, 3.05) is 0 Å². The van der Waals surface area contributed by atoms with Crippen molar-refractivity contribution in [3.05, 3.63) is 64.5 Å². The van der Waals surface area contributed by atoms with Crippen LogP contribution in [-0.2, 0) is 6.42 Å². The maximum absolute atomic E-state index is 12.2. The fraction of sp³-hybridized carbons (Fsp3) is 0.250. The van der Waals surface area contributed by atoms with Gasteiger partial charge in [0.05, 0.1) is 0 Å². The molecule has 2 nitrogen and oxygen atoms in total. The van der Waals surface area contributed by atoms with E-state index in [1.165, 1.54) is 5.56 Å². The number of nitrogens with zero attached hydrogens (tertiary/aromatic N) is 1. The van der Waals surface area contributed by atoms with Gasteiger partial charge in [-0.3, -0.25) is 9.78 Å². The summed E-state index contributed by atoms with van der Waals surface area (Å²) in [6.07, 6.45) is 2.16. The fourth-order valence-electron chi connectivity index (χ4n) is 1.98. The third-order valence-electron chi connectivity index (χ3n) is 2.96. The van der Waals surface area contributed by atoms with Crippen LogP contribution in [0.4, 0.5) is 0 Å². The Morgan fingerprint density at radius 2 is 1.72 bits per heavy atom. The Balaban J connectivity index is 2.19. The number of aryl methyl sites for hydroxylation is 3. The number of hydrogen-bond donors (Lipinski definition) is 0. The Hall–Kier alpha value is -1.96. The summed E-state index contributed by atoms with van der Waals surface area (Å²) in [5.74, 6) is 0.0800. The number of Topliss-reactive ketones (excluding diaryl/α,β-unsaturated/α-hetero) is 1. The van der Waals surface area contributed by atoms with Gasteiger partial charge in [0.25, 0.3) is 0 Å². The van der Waals surface area contributed by atoms with E-state index >= 15 is 0 Å². The first kappa shape index (κ1) is 12.5. The first-order valence-corrected chi connectivity index (χ1v) is 6.08. The highest BCUT2D eigenvalue weighted by Crippen LogP contribution is 2.12. The molecule has 0 aliphatic rings. The molecule has 0 radical (unpaired) electrons. The molecule has 2 rings (SSSR count). The molecule has 0 spiro atoms. The minimum Gasteiger partial charge on any atom is -0.292 e. The standard InChI is InChI=1S/C16H17NO/c1-11-4-6-14(7-5-11)9-15(18)16-13(3)8-12(2)10-17-16/h4-8,10H,9H2,1-3H3. The summed E-state index contributed by atoms with van der Waals surface area (Å²) in [4.78, 5) is 16.4. The van der Waals surface area contributed by atoms with E-state index < -0.39 is 0 Å². The lowest BCUT2D eigenvalue weighted by atomic mass is 10.0. The molecule has 0 unspecified atom stereocenters. The fourth-order valence-corrected chi connectivity index (χ4v) is 1.98. The van der Waals surface area contributed by atoms with E-state index in [1.807, 2.05) is 51.1 Å². The molecular weight excluding hydrogens is 222 g/mol. The molecule has 92 valence electrons. The first-order chi connectivity index (χ1) is 8.56. The van der Waals surface area contributed by atoms with Crippen molar-refractivity contribution >= 4 is 5.78 Å². The first-order valence-electron chi connectivity index (χ1n) is 6.08. The van der Waals surface area contributed by atoms with E-state index in [4.69, 9.17) is 0 Å². The molecule has 1 aromatic carbocycles. The van der Waals surface area contributed by atoms with E-state index in [0.29, 0.717) is 12.1 Å². The van der Waals surface area contributed by atoms with Gasteiger partial charge in [-0.15, -0.1) is 0 Å². The van der Waals surface area contributed by atoms with Crippen LogP contribution in [0.2, 0.25) is 0 Å². The lowest BCUT2D eigenvalue weighted by molar-refractivity contribution is 0.0987. The Kier molecular flexibility index (Phi) is 3.56. The van der Waals surface area contributed by atoms with Gasteiger partial charge < -0.3 is 0 Å². The van der Waals surface area contributed by atoms with Gasteiger partial charge in [0.1, 0.15) is 5.69 Å². The number of rotatable bonds is 3. The van der Waals surface area contributed by atoms with E-state index in [1.54, 1.807) is 6.20 Å². The predicted octanol–water partition coefficient (Wildman–Crippen LogP) is 3.43. The van der Waals surface area contributed by atoms with Gasteiger partial charge in [-0.25, -0.2) is 0 Å². The molecule has 0 aliphatic carbocycles. The molecule has 18 heavy (non-hydrogen) atoms. The lowest BCUT2D eigenvalue weighted by Crippen LogP contribution is -2.08. The van der Waals surface area contributed by atoms with Crippen molar-refractivity contribution in [3.63, 3.8) is 0 Å². The summed E-state index contributed by atoms with van der Waals surface area (Å²) in [6, 6.07) is 10.0. The minimum atomic E-state index is 0.0800. The average molecular weight is 239 g/mol. The second kappa shape index (κ2) is 5.13. The normalized spacial score (nSPS) is 10.4. The quantitative estimate of drug-likeness (QED) is 0.768. The highest BCUT2D eigenvalue weighted by Gasteiger charge is 2.11. The summed E-state index contributed by atoms with van der Waals surface area (Å²) in [5.41, 5.74) is 4.86. The molecular formula is C16H17NO. The summed E-state index contributed by atoms with van der Waals surface area (Å²) < 4.78 is 0. The van der Waals surface area contributed by atoms with Gasteiger partial charge in [-0.1, -0.05) is 35.9 Å². The molecule has 0 N–H and O–H groups in total. The summed E-state index contributed by atoms with van der Waals surface area (Å²) >= 11 is 0. The van der Waals surface area contributed by atoms with Crippen LogP contribution in [-0.4, -0.2) is 10.8 Å². The zero-order chi connectivity index (χ0) is 13.1. The van der Waals surface area contributed by atoms with Crippen molar-refractivity contribution in [1.29, 1.82) is 0 Å². The lowest BCUT2D eigenvalue weighted by Gasteiger charge is -2.05. The van der Waals surface area contributed by atoms with Gasteiger partial charge in [0.15, 0.2) is 5.78 Å². The van der Waals surface area contributed by atoms with Crippen LogP contribution in [0.3, 0.4) is 0 Å². The summed E-state index contributed by atoms with van der Waals surface area (Å²) in [5, 5.41) is 0. The monoisotopic (exact) mass is 239 g/mol. The Morgan fingerprint density at radius 3 is 2.33 bits per heavy atom. The number of carbonyl (C=O) groups is 1. The largest absolute Gasteiger partial charge is 0.292 e. The average Bonchev–Trinajstić information content (AvgIpc) is 2.32. The Bertz CT molecular complexity index is 570. The molecule has 0 aliphatic heterocycles. The van der Waals surface area contributed by atoms with E-state index in [9.17, 15) is 4.79 Å². The van der Waals surface area contributed by atoms with Crippen LogP contribution >= 0.6 is 0 Å². The van der Waals surface area contributed by atoms with Crippen LogP contribution in [0, 0.1) is 20.8 Å². The number of ketones is 1. The van der Waals surface area contributed by atoms with Crippen LogP contribution in [0.5, 0.6) is 0 Å². The van der Waals surface area contributed by atoms with E-state index in [0.717, 1.165) is 16.7 Å². The second-order valence-electron chi connectivity index (χ2n) is 4.76. The van der Waals surface area contributed by atoms with Crippen LogP contribution in [0.25, 0.3) is 0 Å². The highest BCUT2D eigenvalue weighted by molar-refractivity contribution is 5.97. The van der Waals surface area contributed by atoms with E-state index in [2.05, 4.69) is 4.98 Å². The van der Waals surface area contributed by atoms with Gasteiger partial charge in [0.2, 0.25) is 0 Å². The van der Waals surface area contributed by atoms with Crippen LogP contribution < -0.4 is 0 Å². The minimum absolute atomic E-state index is 0.0800. The van der Waals surface area contributed by atoms with Crippen LogP contribution in [0.1, 0.15) is 32.7 Å². The van der Waals surface area contributed by atoms with Gasteiger partial charge in [-0.05, 0) is 37.5 Å². The number of benzene rings is 1. The molecule has 0 fully saturated rings. The molecule has 2 heteroatoms. The zero-order valence-electron chi connectivity index (χ0n) is 11.0. The topological polar surface area (TPSA) is 30.0 Å². The van der Waals surface area contributed by atoms with Gasteiger partial charge in [-0.2, -0.15) is 0 Å². The Morgan fingerprint density at radius 1 is 1.06 bits per heavy atom. The molecule has 2 aromatic rings. The van der Waals surface area contributed by atoms with Crippen LogP contribution in [0.15, 0.2) is 36.5 Å². The van der Waals surface area contributed by atoms with Crippen molar-refractivity contribution in [1.82, 2.24) is 4.98 Å². The maximum atomic E-state index is 12.2. The number of carbonyl (C=O) groups excluding carboxylic acids is 1. The maximum Gasteiger partial charge on any atom is 0.185 e. The molecule has 0 saturated carbocycles. The molecule has 0 amide bonds. The van der Waals surface area contributed by atoms with Gasteiger partial charge in [0, 0.05) is 12.6 Å². The van der Waals surface area contributed by atoms with Crippen molar-refractivity contribution in [2.24, 2.45) is 0 Å². The predicted molar refractivity (Wildman–Crippen MR) is 72.9 cm³/mol. The third-order valence-corrected chi connectivity index (χ3v) is 2.96.